The third-order valence-corrected chi connectivity index (χ3v) is 3.06. The summed E-state index contributed by atoms with van der Waals surface area (Å²) in [5, 5.41) is 20.8. The number of aliphatic carboxylic acids is 1. The number of carboxylic acid groups (broad SMARTS) is 1. The summed E-state index contributed by atoms with van der Waals surface area (Å²) < 4.78 is 0. The lowest BCUT2D eigenvalue weighted by Gasteiger charge is -2.12. The topological polar surface area (TPSA) is 75.1 Å². The minimum Gasteiger partial charge on any atom is -0.480 e. The van der Waals surface area contributed by atoms with Crippen molar-refractivity contribution in [3.63, 3.8) is 0 Å². The van der Waals surface area contributed by atoms with E-state index in [2.05, 4.69) is 15.5 Å². The summed E-state index contributed by atoms with van der Waals surface area (Å²) in [7, 11) is 0. The molecule has 2 N–H and O–H groups in total. The number of carboxylic acids is 1. The molecule has 1 rings (SSSR count). The number of nitrogens with zero attached hydrogens (tertiary/aromatic N) is 2. The molecular formula is C9H15N3O2S. The zero-order valence-corrected chi connectivity index (χ0v) is 10.1. The summed E-state index contributed by atoms with van der Waals surface area (Å²) in [6, 6.07) is -0.647. The van der Waals surface area contributed by atoms with Crippen LogP contribution in [0.5, 0.6) is 0 Å². The van der Waals surface area contributed by atoms with E-state index < -0.39 is 12.0 Å². The van der Waals surface area contributed by atoms with Crippen LogP contribution in [-0.4, -0.2) is 27.3 Å². The average molecular weight is 229 g/mol. The standard InChI is InChI=1S/C9H15N3O2S/c1-5(6(13)14)10-8-12-11-7(15-8)9(2,3)4/h5H,1-4H3,(H,10,12)(H,13,14)/t5-/m1/s1. The van der Waals surface area contributed by atoms with Gasteiger partial charge in [0.25, 0.3) is 0 Å². The van der Waals surface area contributed by atoms with Crippen molar-refractivity contribution in [2.45, 2.75) is 39.2 Å². The van der Waals surface area contributed by atoms with Crippen molar-refractivity contribution in [1.82, 2.24) is 10.2 Å². The van der Waals surface area contributed by atoms with Gasteiger partial charge in [0.2, 0.25) is 5.13 Å². The third kappa shape index (κ3) is 3.16. The Labute approximate surface area is 92.5 Å². The molecule has 15 heavy (non-hydrogen) atoms. The van der Waals surface area contributed by atoms with Gasteiger partial charge < -0.3 is 10.4 Å². The first kappa shape index (κ1) is 11.9. The summed E-state index contributed by atoms with van der Waals surface area (Å²) in [6.45, 7) is 7.69. The van der Waals surface area contributed by atoms with Crippen LogP contribution in [0.25, 0.3) is 0 Å². The van der Waals surface area contributed by atoms with Crippen LogP contribution in [0.4, 0.5) is 5.13 Å². The van der Waals surface area contributed by atoms with Gasteiger partial charge in [-0.05, 0) is 6.92 Å². The van der Waals surface area contributed by atoms with Gasteiger partial charge in [-0.25, -0.2) is 0 Å². The first-order valence-corrected chi connectivity index (χ1v) is 5.45. The van der Waals surface area contributed by atoms with Crippen LogP contribution in [-0.2, 0) is 10.2 Å². The van der Waals surface area contributed by atoms with Gasteiger partial charge in [-0.2, -0.15) is 0 Å². The van der Waals surface area contributed by atoms with Gasteiger partial charge in [0.05, 0.1) is 0 Å². The number of carbonyl (C=O) groups is 1. The molecule has 6 heteroatoms. The van der Waals surface area contributed by atoms with Gasteiger partial charge in [-0.15, -0.1) is 10.2 Å². The van der Waals surface area contributed by atoms with Crippen molar-refractivity contribution in [1.29, 1.82) is 0 Å². The van der Waals surface area contributed by atoms with E-state index in [0.29, 0.717) is 5.13 Å². The largest absolute Gasteiger partial charge is 0.480 e. The molecule has 0 saturated carbocycles. The van der Waals surface area contributed by atoms with Gasteiger partial charge in [-0.3, -0.25) is 4.79 Å². The predicted molar refractivity (Wildman–Crippen MR) is 59.3 cm³/mol. The molecule has 0 aliphatic carbocycles. The van der Waals surface area contributed by atoms with E-state index in [4.69, 9.17) is 5.11 Å². The Morgan fingerprint density at radius 1 is 1.47 bits per heavy atom. The van der Waals surface area contributed by atoms with Crippen LogP contribution in [0.1, 0.15) is 32.7 Å². The molecule has 1 atom stereocenters. The predicted octanol–water partition coefficient (Wildman–Crippen LogP) is 1.72. The summed E-state index contributed by atoms with van der Waals surface area (Å²) in [5.41, 5.74) is -0.0515. The first-order valence-electron chi connectivity index (χ1n) is 4.64. The second kappa shape index (κ2) is 4.14. The highest BCUT2D eigenvalue weighted by atomic mass is 32.1. The average Bonchev–Trinajstić information content (AvgIpc) is 2.51. The molecule has 5 nitrogen and oxygen atoms in total. The molecule has 0 radical (unpaired) electrons. The summed E-state index contributed by atoms with van der Waals surface area (Å²) >= 11 is 1.39. The molecule has 0 aliphatic heterocycles. The van der Waals surface area contributed by atoms with Gasteiger partial charge in [0.1, 0.15) is 11.0 Å². The van der Waals surface area contributed by atoms with Gasteiger partial charge >= 0.3 is 5.97 Å². The second-order valence-corrected chi connectivity index (χ2v) is 5.34. The number of aromatic nitrogens is 2. The van der Waals surface area contributed by atoms with Crippen LogP contribution >= 0.6 is 11.3 Å². The van der Waals surface area contributed by atoms with Crippen molar-refractivity contribution < 1.29 is 9.90 Å². The minimum atomic E-state index is -0.900. The Bertz CT molecular complexity index is 356. The van der Waals surface area contributed by atoms with Crippen LogP contribution in [0.15, 0.2) is 0 Å². The van der Waals surface area contributed by atoms with Crippen molar-refractivity contribution in [3.05, 3.63) is 5.01 Å². The normalized spacial score (nSPS) is 13.6. The molecule has 0 fully saturated rings. The van der Waals surface area contributed by atoms with Gasteiger partial charge in [0, 0.05) is 5.41 Å². The summed E-state index contributed by atoms with van der Waals surface area (Å²) in [4.78, 5) is 10.6. The van der Waals surface area contributed by atoms with E-state index in [-0.39, 0.29) is 5.41 Å². The molecule has 1 aromatic heterocycles. The molecule has 0 bridgehead atoms. The van der Waals surface area contributed by atoms with E-state index in [1.165, 1.54) is 11.3 Å². The number of hydrogen-bond donors (Lipinski definition) is 2. The maximum absolute atomic E-state index is 10.6. The molecule has 0 aromatic carbocycles. The van der Waals surface area contributed by atoms with E-state index in [9.17, 15) is 4.79 Å². The van der Waals surface area contributed by atoms with Gasteiger partial charge in [0.15, 0.2) is 0 Å². The maximum Gasteiger partial charge on any atom is 0.325 e. The molecule has 0 spiro atoms. The number of nitrogens with one attached hydrogen (secondary N) is 1. The smallest absolute Gasteiger partial charge is 0.325 e. The van der Waals surface area contributed by atoms with Crippen LogP contribution in [0, 0.1) is 0 Å². The van der Waals surface area contributed by atoms with Crippen molar-refractivity contribution in [2.75, 3.05) is 5.32 Å². The fourth-order valence-corrected chi connectivity index (χ4v) is 1.72. The zero-order chi connectivity index (χ0) is 11.6. The minimum absolute atomic E-state index is 0.0515. The molecule has 84 valence electrons. The molecule has 1 aromatic rings. The number of anilines is 1. The lowest BCUT2D eigenvalue weighted by atomic mass is 9.98. The molecule has 0 saturated heterocycles. The Hall–Kier alpha value is -1.17. The molecule has 0 aliphatic rings. The highest BCUT2D eigenvalue weighted by Gasteiger charge is 2.20. The van der Waals surface area contributed by atoms with Crippen LogP contribution < -0.4 is 5.32 Å². The van der Waals surface area contributed by atoms with E-state index in [1.807, 2.05) is 20.8 Å². The molecule has 1 heterocycles. The Morgan fingerprint density at radius 3 is 2.47 bits per heavy atom. The molecule has 0 unspecified atom stereocenters. The quantitative estimate of drug-likeness (QED) is 0.825. The highest BCUT2D eigenvalue weighted by Crippen LogP contribution is 2.27. The summed E-state index contributed by atoms with van der Waals surface area (Å²) in [5.74, 6) is -0.900. The second-order valence-electron chi connectivity index (χ2n) is 4.37. The van der Waals surface area contributed by atoms with Crippen LogP contribution in [0.3, 0.4) is 0 Å². The monoisotopic (exact) mass is 229 g/mol. The lowest BCUT2D eigenvalue weighted by Crippen LogP contribution is -2.25. The Morgan fingerprint density at radius 2 is 2.07 bits per heavy atom. The van der Waals surface area contributed by atoms with Crippen molar-refractivity contribution >= 4 is 22.4 Å². The SMILES string of the molecule is C[C@@H](Nc1nnc(C(C)(C)C)s1)C(=O)O. The Kier molecular flexibility index (Phi) is 3.28. The first-order chi connectivity index (χ1) is 6.80. The summed E-state index contributed by atoms with van der Waals surface area (Å²) in [6.07, 6.45) is 0. The Balaban J connectivity index is 2.73. The van der Waals surface area contributed by atoms with E-state index in [1.54, 1.807) is 6.92 Å². The molecule has 0 amide bonds. The van der Waals surface area contributed by atoms with Gasteiger partial charge in [-0.1, -0.05) is 32.1 Å². The molecular weight excluding hydrogens is 214 g/mol. The van der Waals surface area contributed by atoms with Crippen LogP contribution in [0.2, 0.25) is 0 Å². The van der Waals surface area contributed by atoms with Crippen molar-refractivity contribution in [2.24, 2.45) is 0 Å². The number of rotatable bonds is 3. The fraction of sp³-hybridized carbons (Fsp3) is 0.667. The lowest BCUT2D eigenvalue weighted by molar-refractivity contribution is -0.137. The maximum atomic E-state index is 10.6. The van der Waals surface area contributed by atoms with Crippen molar-refractivity contribution in [3.8, 4) is 0 Å². The van der Waals surface area contributed by atoms with E-state index >= 15 is 0 Å². The zero-order valence-electron chi connectivity index (χ0n) is 9.24. The third-order valence-electron chi connectivity index (χ3n) is 1.78. The highest BCUT2D eigenvalue weighted by molar-refractivity contribution is 7.15. The number of hydrogen-bond acceptors (Lipinski definition) is 5. The fourth-order valence-electron chi connectivity index (χ4n) is 0.832. The van der Waals surface area contributed by atoms with E-state index in [0.717, 1.165) is 5.01 Å².